The second-order valence-electron chi connectivity index (χ2n) is 9.49. The minimum Gasteiger partial charge on any atom is -0.493 e. The summed E-state index contributed by atoms with van der Waals surface area (Å²) >= 11 is 0. The molecule has 39 heavy (non-hydrogen) atoms. The Labute approximate surface area is 228 Å². The van der Waals surface area contributed by atoms with Gasteiger partial charge in [0.05, 0.1) is 13.7 Å². The fraction of sp³-hybridized carbons (Fsp3) is 0.300. The average Bonchev–Trinajstić information content (AvgIpc) is 2.93. The van der Waals surface area contributed by atoms with Crippen molar-refractivity contribution >= 4 is 18.0 Å². The van der Waals surface area contributed by atoms with Crippen LogP contribution in [0.4, 0.5) is 4.79 Å². The minimum absolute atomic E-state index is 0.0127. The quantitative estimate of drug-likeness (QED) is 0.237. The zero-order valence-electron chi connectivity index (χ0n) is 22.2. The van der Waals surface area contributed by atoms with E-state index >= 15 is 0 Å². The smallest absolute Gasteiger partial charge is 0.334 e. The summed E-state index contributed by atoms with van der Waals surface area (Å²) in [4.78, 5) is 39.0. The number of urea groups is 1. The van der Waals surface area contributed by atoms with E-state index in [4.69, 9.17) is 14.6 Å². The molecule has 0 aliphatic carbocycles. The van der Waals surface area contributed by atoms with Crippen molar-refractivity contribution in [3.63, 3.8) is 0 Å². The summed E-state index contributed by atoms with van der Waals surface area (Å²) in [5, 5.41) is 21.7. The largest absolute Gasteiger partial charge is 0.493 e. The molecule has 2 amide bonds. The van der Waals surface area contributed by atoms with Gasteiger partial charge in [0.15, 0.2) is 17.6 Å². The summed E-state index contributed by atoms with van der Waals surface area (Å²) in [5.74, 6) is -1.62. The molecule has 0 radical (unpaired) electrons. The molecule has 0 bridgehead atoms. The van der Waals surface area contributed by atoms with Crippen LogP contribution in [0.5, 0.6) is 11.5 Å². The molecule has 3 aromatic carbocycles. The molecule has 0 heterocycles. The first kappa shape index (κ1) is 29.2. The highest BCUT2D eigenvalue weighted by atomic mass is 16.6. The maximum absolute atomic E-state index is 13.3. The van der Waals surface area contributed by atoms with E-state index in [2.05, 4.69) is 5.32 Å². The van der Waals surface area contributed by atoms with Crippen molar-refractivity contribution in [2.45, 2.75) is 32.4 Å². The van der Waals surface area contributed by atoms with E-state index in [9.17, 15) is 19.5 Å². The number of aliphatic hydroxyl groups excluding tert-OH is 1. The highest BCUT2D eigenvalue weighted by Crippen LogP contribution is 2.26. The molecule has 0 spiro atoms. The predicted molar refractivity (Wildman–Crippen MR) is 147 cm³/mol. The maximum Gasteiger partial charge on any atom is 0.334 e. The Hall–Kier alpha value is -4.37. The van der Waals surface area contributed by atoms with E-state index in [1.165, 1.54) is 12.0 Å². The number of para-hydroxylation sites is 2. The fourth-order valence-corrected chi connectivity index (χ4v) is 3.98. The summed E-state index contributed by atoms with van der Waals surface area (Å²) in [6, 6.07) is 22.3. The normalized spacial score (nSPS) is 12.3. The number of amides is 2. The average molecular weight is 535 g/mol. The summed E-state index contributed by atoms with van der Waals surface area (Å²) in [6.45, 7) is 3.46. The highest BCUT2D eigenvalue weighted by molar-refractivity contribution is 5.86. The number of nitrogens with zero attached hydrogens (tertiary/aromatic N) is 1. The maximum atomic E-state index is 13.3. The van der Waals surface area contributed by atoms with Crippen LogP contribution >= 0.6 is 0 Å². The number of carboxylic acids is 1. The Bertz CT molecular complexity index is 1250. The number of ether oxygens (including phenoxy) is 2. The summed E-state index contributed by atoms with van der Waals surface area (Å²) in [6.07, 6.45) is -1.65. The molecule has 3 N–H and O–H groups in total. The number of carboxylic acid groups (broad SMARTS) is 1. The Morgan fingerprint density at radius 2 is 1.44 bits per heavy atom. The van der Waals surface area contributed by atoms with Gasteiger partial charge in [0.25, 0.3) is 0 Å². The van der Waals surface area contributed by atoms with Crippen LogP contribution in [0.3, 0.4) is 0 Å². The van der Waals surface area contributed by atoms with Crippen molar-refractivity contribution in [3.8, 4) is 22.6 Å². The van der Waals surface area contributed by atoms with Gasteiger partial charge in [-0.15, -0.1) is 0 Å². The Morgan fingerprint density at radius 1 is 0.846 bits per heavy atom. The van der Waals surface area contributed by atoms with Crippen molar-refractivity contribution < 1.29 is 34.1 Å². The van der Waals surface area contributed by atoms with Crippen molar-refractivity contribution in [1.29, 1.82) is 0 Å². The standard InChI is InChI=1S/C30H34N2O7/c1-20(2)18-32(19-25(33)28(34)35)30(37)31-24(29(36)39-27-12-8-7-11-26(27)38-3)17-21-13-15-23(16-14-21)22-9-5-4-6-10-22/h4-16,20,24-25,33H,17-19H2,1-3H3,(H,31,37)(H,34,35)/t24-,25?/m0/s1. The molecule has 0 aliphatic rings. The van der Waals surface area contributed by atoms with Crippen molar-refractivity contribution in [2.24, 2.45) is 5.92 Å². The van der Waals surface area contributed by atoms with Crippen LogP contribution in [0.15, 0.2) is 78.9 Å². The van der Waals surface area contributed by atoms with E-state index in [1.807, 2.05) is 68.4 Å². The van der Waals surface area contributed by atoms with E-state index in [0.717, 1.165) is 16.7 Å². The van der Waals surface area contributed by atoms with Gasteiger partial charge in [-0.25, -0.2) is 14.4 Å². The van der Waals surface area contributed by atoms with Gasteiger partial charge < -0.3 is 29.9 Å². The number of hydrogen-bond acceptors (Lipinski definition) is 6. The number of esters is 1. The van der Waals surface area contributed by atoms with Gasteiger partial charge in [0.1, 0.15) is 6.04 Å². The zero-order chi connectivity index (χ0) is 28.4. The molecular formula is C30H34N2O7. The fourth-order valence-electron chi connectivity index (χ4n) is 3.98. The molecule has 0 aromatic heterocycles. The first-order chi connectivity index (χ1) is 18.7. The third kappa shape index (κ3) is 8.58. The molecule has 0 fully saturated rings. The van der Waals surface area contributed by atoms with Gasteiger partial charge in [-0.05, 0) is 34.7 Å². The van der Waals surface area contributed by atoms with Gasteiger partial charge >= 0.3 is 18.0 Å². The van der Waals surface area contributed by atoms with E-state index in [-0.39, 0.29) is 24.6 Å². The summed E-state index contributed by atoms with van der Waals surface area (Å²) in [5.41, 5.74) is 2.83. The van der Waals surface area contributed by atoms with Gasteiger partial charge in [-0.2, -0.15) is 0 Å². The van der Waals surface area contributed by atoms with Crippen LogP contribution in [0.1, 0.15) is 19.4 Å². The van der Waals surface area contributed by atoms with Crippen molar-refractivity contribution in [2.75, 3.05) is 20.2 Å². The Balaban J connectivity index is 1.85. The Kier molecular flexibility index (Phi) is 10.5. The number of methoxy groups -OCH3 is 1. The third-order valence-corrected chi connectivity index (χ3v) is 5.91. The predicted octanol–water partition coefficient (Wildman–Crippen LogP) is 3.99. The molecule has 0 aliphatic heterocycles. The van der Waals surface area contributed by atoms with Crippen LogP contribution in [-0.2, 0) is 16.0 Å². The van der Waals surface area contributed by atoms with Gasteiger partial charge in [0.2, 0.25) is 0 Å². The van der Waals surface area contributed by atoms with Gasteiger partial charge in [-0.1, -0.05) is 80.6 Å². The monoisotopic (exact) mass is 534 g/mol. The summed E-state index contributed by atoms with van der Waals surface area (Å²) < 4.78 is 10.9. The van der Waals surface area contributed by atoms with E-state index < -0.39 is 36.7 Å². The molecule has 0 saturated heterocycles. The first-order valence-electron chi connectivity index (χ1n) is 12.6. The molecule has 0 saturated carbocycles. The molecule has 9 nitrogen and oxygen atoms in total. The van der Waals surface area contributed by atoms with Crippen LogP contribution < -0.4 is 14.8 Å². The Morgan fingerprint density at radius 3 is 2.03 bits per heavy atom. The number of rotatable bonds is 12. The molecule has 3 aromatic rings. The number of carbonyl (C=O) groups excluding carboxylic acids is 2. The third-order valence-electron chi connectivity index (χ3n) is 5.91. The number of carbonyl (C=O) groups is 3. The number of aliphatic hydroxyl groups is 1. The molecule has 1 unspecified atom stereocenters. The first-order valence-corrected chi connectivity index (χ1v) is 12.6. The lowest BCUT2D eigenvalue weighted by molar-refractivity contribution is -0.147. The van der Waals surface area contributed by atoms with Gasteiger partial charge in [-0.3, -0.25) is 0 Å². The topological polar surface area (TPSA) is 125 Å². The highest BCUT2D eigenvalue weighted by Gasteiger charge is 2.29. The number of nitrogens with one attached hydrogen (secondary N) is 1. The SMILES string of the molecule is COc1ccccc1OC(=O)[C@H](Cc1ccc(-c2ccccc2)cc1)NC(=O)N(CC(C)C)CC(O)C(=O)O. The van der Waals surface area contributed by atoms with Crippen molar-refractivity contribution in [1.82, 2.24) is 10.2 Å². The van der Waals surface area contributed by atoms with E-state index in [1.54, 1.807) is 24.3 Å². The lowest BCUT2D eigenvalue weighted by Crippen LogP contribution is -2.53. The molecular weight excluding hydrogens is 500 g/mol. The molecule has 2 atom stereocenters. The second-order valence-corrected chi connectivity index (χ2v) is 9.49. The molecule has 3 rings (SSSR count). The second kappa shape index (κ2) is 14.0. The lowest BCUT2D eigenvalue weighted by Gasteiger charge is -2.28. The van der Waals surface area contributed by atoms with Gasteiger partial charge in [0, 0.05) is 13.0 Å². The zero-order valence-corrected chi connectivity index (χ0v) is 22.2. The van der Waals surface area contributed by atoms with Crippen LogP contribution in [0.25, 0.3) is 11.1 Å². The molecule has 9 heteroatoms. The minimum atomic E-state index is -1.76. The van der Waals surface area contributed by atoms with Crippen molar-refractivity contribution in [3.05, 3.63) is 84.4 Å². The van der Waals surface area contributed by atoms with Crippen LogP contribution in [0.2, 0.25) is 0 Å². The van der Waals surface area contributed by atoms with Crippen LogP contribution in [-0.4, -0.2) is 65.4 Å². The number of hydrogen-bond donors (Lipinski definition) is 3. The summed E-state index contributed by atoms with van der Waals surface area (Å²) in [7, 11) is 1.46. The lowest BCUT2D eigenvalue weighted by atomic mass is 10.0. The van der Waals surface area contributed by atoms with E-state index in [0.29, 0.717) is 5.75 Å². The van der Waals surface area contributed by atoms with Crippen LogP contribution in [0, 0.1) is 5.92 Å². The number of aliphatic carboxylic acids is 1. The number of benzene rings is 3. The molecule has 206 valence electrons.